The van der Waals surface area contributed by atoms with Gasteiger partial charge in [-0.25, -0.2) is 4.39 Å². The molecular formula is C13H15FN2O. The third-order valence-electron chi connectivity index (χ3n) is 2.71. The van der Waals surface area contributed by atoms with Crippen molar-refractivity contribution in [1.29, 1.82) is 5.26 Å². The Morgan fingerprint density at radius 1 is 1.47 bits per heavy atom. The molecule has 0 spiro atoms. The number of nitriles is 1. The summed E-state index contributed by atoms with van der Waals surface area (Å²) >= 11 is 0. The zero-order chi connectivity index (χ0) is 12.1. The van der Waals surface area contributed by atoms with Gasteiger partial charge in [0.05, 0.1) is 17.9 Å². The second-order valence-corrected chi connectivity index (χ2v) is 4.25. The van der Waals surface area contributed by atoms with Crippen molar-refractivity contribution >= 4 is 5.69 Å². The summed E-state index contributed by atoms with van der Waals surface area (Å²) in [7, 11) is 0. The molecule has 1 aliphatic carbocycles. The van der Waals surface area contributed by atoms with Gasteiger partial charge >= 0.3 is 0 Å². The molecule has 0 amide bonds. The number of hydrogen-bond donors (Lipinski definition) is 1. The molecule has 0 unspecified atom stereocenters. The highest BCUT2D eigenvalue weighted by molar-refractivity contribution is 5.57. The molecule has 0 aliphatic heterocycles. The number of rotatable bonds is 6. The van der Waals surface area contributed by atoms with Gasteiger partial charge in [-0.3, -0.25) is 0 Å². The SMILES string of the molecule is N#Cc1cc(F)ccc1NCCOCC1CC1. The highest BCUT2D eigenvalue weighted by Crippen LogP contribution is 2.28. The van der Waals surface area contributed by atoms with Crippen molar-refractivity contribution in [2.45, 2.75) is 12.8 Å². The van der Waals surface area contributed by atoms with E-state index in [1.807, 2.05) is 6.07 Å². The monoisotopic (exact) mass is 234 g/mol. The van der Waals surface area contributed by atoms with Gasteiger partial charge in [0.1, 0.15) is 11.9 Å². The number of halogens is 1. The first kappa shape index (κ1) is 11.9. The number of anilines is 1. The van der Waals surface area contributed by atoms with Gasteiger partial charge in [0, 0.05) is 13.2 Å². The molecule has 3 nitrogen and oxygen atoms in total. The average Bonchev–Trinajstić information content (AvgIpc) is 3.14. The first-order chi connectivity index (χ1) is 8.29. The lowest BCUT2D eigenvalue weighted by Crippen LogP contribution is -2.11. The summed E-state index contributed by atoms with van der Waals surface area (Å²) in [4.78, 5) is 0. The minimum absolute atomic E-state index is 0.326. The number of ether oxygens (including phenoxy) is 1. The van der Waals surface area contributed by atoms with Crippen LogP contribution in [0.5, 0.6) is 0 Å². The summed E-state index contributed by atoms with van der Waals surface area (Å²) in [5, 5.41) is 11.9. The van der Waals surface area contributed by atoms with Gasteiger partial charge in [0.2, 0.25) is 0 Å². The van der Waals surface area contributed by atoms with Crippen molar-refractivity contribution in [1.82, 2.24) is 0 Å². The topological polar surface area (TPSA) is 45.0 Å². The fraction of sp³-hybridized carbons (Fsp3) is 0.462. The van der Waals surface area contributed by atoms with E-state index in [2.05, 4.69) is 5.32 Å². The van der Waals surface area contributed by atoms with Crippen LogP contribution in [0.1, 0.15) is 18.4 Å². The highest BCUT2D eigenvalue weighted by Gasteiger charge is 2.20. The van der Waals surface area contributed by atoms with E-state index in [9.17, 15) is 4.39 Å². The van der Waals surface area contributed by atoms with Crippen LogP contribution in [-0.4, -0.2) is 19.8 Å². The Labute approximate surface area is 100 Å². The van der Waals surface area contributed by atoms with E-state index in [1.165, 1.54) is 25.0 Å². The molecule has 0 bridgehead atoms. The van der Waals surface area contributed by atoms with E-state index in [1.54, 1.807) is 6.07 Å². The smallest absolute Gasteiger partial charge is 0.124 e. The van der Waals surface area contributed by atoms with Crippen molar-refractivity contribution in [3.05, 3.63) is 29.6 Å². The molecule has 0 aromatic heterocycles. The Hall–Kier alpha value is -1.60. The molecule has 1 N–H and O–H groups in total. The van der Waals surface area contributed by atoms with Crippen molar-refractivity contribution in [3.63, 3.8) is 0 Å². The molecule has 4 heteroatoms. The summed E-state index contributed by atoms with van der Waals surface area (Å²) in [6, 6.07) is 6.11. The minimum Gasteiger partial charge on any atom is -0.382 e. The molecule has 90 valence electrons. The summed E-state index contributed by atoms with van der Waals surface area (Å²) in [5.74, 6) is 0.368. The molecule has 0 radical (unpaired) electrons. The maximum absolute atomic E-state index is 12.9. The number of hydrogen-bond acceptors (Lipinski definition) is 3. The van der Waals surface area contributed by atoms with Crippen LogP contribution in [-0.2, 0) is 4.74 Å². The Balaban J connectivity index is 1.75. The van der Waals surface area contributed by atoms with Gasteiger partial charge in [-0.15, -0.1) is 0 Å². The lowest BCUT2D eigenvalue weighted by molar-refractivity contribution is 0.134. The fourth-order valence-electron chi connectivity index (χ4n) is 1.56. The molecule has 1 saturated carbocycles. The largest absolute Gasteiger partial charge is 0.382 e. The quantitative estimate of drug-likeness (QED) is 0.769. The molecule has 1 aromatic rings. The van der Waals surface area contributed by atoms with Gasteiger partial charge in [0.15, 0.2) is 0 Å². The second-order valence-electron chi connectivity index (χ2n) is 4.25. The molecular weight excluding hydrogens is 219 g/mol. The molecule has 17 heavy (non-hydrogen) atoms. The van der Waals surface area contributed by atoms with E-state index >= 15 is 0 Å². The van der Waals surface area contributed by atoms with Gasteiger partial charge in [0.25, 0.3) is 0 Å². The lowest BCUT2D eigenvalue weighted by atomic mass is 10.2. The van der Waals surface area contributed by atoms with Crippen LogP contribution in [0.4, 0.5) is 10.1 Å². The Morgan fingerprint density at radius 2 is 2.29 bits per heavy atom. The minimum atomic E-state index is -0.392. The lowest BCUT2D eigenvalue weighted by Gasteiger charge is -2.08. The van der Waals surface area contributed by atoms with Crippen molar-refractivity contribution in [2.24, 2.45) is 5.92 Å². The molecule has 1 aliphatic rings. The van der Waals surface area contributed by atoms with E-state index in [0.717, 1.165) is 12.5 Å². The first-order valence-corrected chi connectivity index (χ1v) is 5.81. The van der Waals surface area contributed by atoms with E-state index in [4.69, 9.17) is 10.00 Å². The average molecular weight is 234 g/mol. The summed E-state index contributed by atoms with van der Waals surface area (Å²) in [6.07, 6.45) is 2.56. The third-order valence-corrected chi connectivity index (χ3v) is 2.71. The van der Waals surface area contributed by atoms with Gasteiger partial charge in [-0.1, -0.05) is 0 Å². The van der Waals surface area contributed by atoms with Crippen molar-refractivity contribution < 1.29 is 9.13 Å². The highest BCUT2D eigenvalue weighted by atomic mass is 19.1. The molecule has 0 atom stereocenters. The standard InChI is InChI=1S/C13H15FN2O/c14-12-3-4-13(11(7-12)8-15)16-5-6-17-9-10-1-2-10/h3-4,7,10,16H,1-2,5-6,9H2. The van der Waals surface area contributed by atoms with Crippen LogP contribution in [0.15, 0.2) is 18.2 Å². The second kappa shape index (κ2) is 5.65. The molecule has 1 fully saturated rings. The van der Waals surface area contributed by atoms with Crippen LogP contribution < -0.4 is 5.32 Å². The Kier molecular flexibility index (Phi) is 3.94. The normalized spacial score (nSPS) is 14.4. The summed E-state index contributed by atoms with van der Waals surface area (Å²) in [6.45, 7) is 2.07. The number of nitrogens with one attached hydrogen (secondary N) is 1. The van der Waals surface area contributed by atoms with E-state index in [0.29, 0.717) is 24.4 Å². The molecule has 0 saturated heterocycles. The predicted octanol–water partition coefficient (Wildman–Crippen LogP) is 2.54. The molecule has 1 aromatic carbocycles. The zero-order valence-electron chi connectivity index (χ0n) is 9.58. The zero-order valence-corrected chi connectivity index (χ0v) is 9.58. The van der Waals surface area contributed by atoms with Crippen LogP contribution in [0.3, 0.4) is 0 Å². The Bertz CT molecular complexity index is 424. The number of benzene rings is 1. The molecule has 0 heterocycles. The van der Waals surface area contributed by atoms with Crippen molar-refractivity contribution in [2.75, 3.05) is 25.1 Å². The number of nitrogens with zero attached hydrogens (tertiary/aromatic N) is 1. The summed E-state index contributed by atoms with van der Waals surface area (Å²) in [5.41, 5.74) is 0.983. The first-order valence-electron chi connectivity index (χ1n) is 5.81. The van der Waals surface area contributed by atoms with Crippen LogP contribution in [0.2, 0.25) is 0 Å². The fourth-order valence-corrected chi connectivity index (χ4v) is 1.56. The molecule has 2 rings (SSSR count). The van der Waals surface area contributed by atoms with Crippen LogP contribution >= 0.6 is 0 Å². The van der Waals surface area contributed by atoms with Gasteiger partial charge in [-0.2, -0.15) is 5.26 Å². The maximum Gasteiger partial charge on any atom is 0.124 e. The van der Waals surface area contributed by atoms with Crippen molar-refractivity contribution in [3.8, 4) is 6.07 Å². The predicted molar refractivity (Wildman–Crippen MR) is 63.1 cm³/mol. The third kappa shape index (κ3) is 3.72. The van der Waals surface area contributed by atoms with E-state index in [-0.39, 0.29) is 0 Å². The van der Waals surface area contributed by atoms with Crippen LogP contribution in [0, 0.1) is 23.1 Å². The Morgan fingerprint density at radius 3 is 3.00 bits per heavy atom. The van der Waals surface area contributed by atoms with Crippen LogP contribution in [0.25, 0.3) is 0 Å². The van der Waals surface area contributed by atoms with E-state index < -0.39 is 5.82 Å². The maximum atomic E-state index is 12.9. The van der Waals surface area contributed by atoms with Gasteiger partial charge < -0.3 is 10.1 Å². The summed E-state index contributed by atoms with van der Waals surface area (Å²) < 4.78 is 18.3. The van der Waals surface area contributed by atoms with Gasteiger partial charge in [-0.05, 0) is 37.0 Å².